The Morgan fingerprint density at radius 1 is 1.10 bits per heavy atom. The van der Waals surface area contributed by atoms with E-state index in [1.54, 1.807) is 14.0 Å². The van der Waals surface area contributed by atoms with E-state index in [4.69, 9.17) is 4.74 Å². The van der Waals surface area contributed by atoms with Crippen LogP contribution in [-0.4, -0.2) is 25.3 Å². The van der Waals surface area contributed by atoms with Crippen molar-refractivity contribution in [3.05, 3.63) is 42.0 Å². The molecular weight excluding hydrogens is 256 g/mol. The molecular formula is C16H18O4. The molecule has 0 spiro atoms. The molecule has 1 N–H and O–H groups in total. The predicted octanol–water partition coefficient (Wildman–Crippen LogP) is 2.69. The molecule has 0 radical (unpaired) electrons. The van der Waals surface area contributed by atoms with Gasteiger partial charge in [0.2, 0.25) is 0 Å². The minimum atomic E-state index is -0.881. The molecule has 0 bridgehead atoms. The monoisotopic (exact) mass is 274 g/mol. The van der Waals surface area contributed by atoms with Crippen LogP contribution in [0.25, 0.3) is 10.8 Å². The number of methoxy groups -OCH3 is 2. The Kier molecular flexibility index (Phi) is 4.25. The van der Waals surface area contributed by atoms with E-state index in [-0.39, 0.29) is 0 Å². The van der Waals surface area contributed by atoms with Gasteiger partial charge in [0.1, 0.15) is 5.75 Å². The molecule has 2 rings (SSSR count). The Labute approximate surface area is 117 Å². The van der Waals surface area contributed by atoms with E-state index in [9.17, 15) is 9.90 Å². The number of hydrogen-bond acceptors (Lipinski definition) is 4. The SMILES string of the molecule is COC(=O)C(C)C(O)c1ccc2cc(OC)ccc2c1. The lowest BCUT2D eigenvalue weighted by Gasteiger charge is -2.17. The van der Waals surface area contributed by atoms with Crippen LogP contribution in [0.5, 0.6) is 5.75 Å². The highest BCUT2D eigenvalue weighted by Gasteiger charge is 2.24. The van der Waals surface area contributed by atoms with Crippen molar-refractivity contribution in [1.29, 1.82) is 0 Å². The fraction of sp³-hybridized carbons (Fsp3) is 0.312. The van der Waals surface area contributed by atoms with E-state index in [1.165, 1.54) is 7.11 Å². The third-order valence-electron chi connectivity index (χ3n) is 3.46. The normalized spacial score (nSPS) is 13.8. The molecule has 20 heavy (non-hydrogen) atoms. The van der Waals surface area contributed by atoms with Gasteiger partial charge in [-0.2, -0.15) is 0 Å². The van der Waals surface area contributed by atoms with Crippen LogP contribution in [0.1, 0.15) is 18.6 Å². The van der Waals surface area contributed by atoms with Crippen LogP contribution in [0.3, 0.4) is 0 Å². The molecule has 4 nitrogen and oxygen atoms in total. The average molecular weight is 274 g/mol. The molecule has 0 aliphatic carbocycles. The fourth-order valence-electron chi connectivity index (χ4n) is 2.16. The second-order valence-corrected chi connectivity index (χ2v) is 4.73. The molecule has 2 aromatic carbocycles. The van der Waals surface area contributed by atoms with Gasteiger partial charge >= 0.3 is 5.97 Å². The largest absolute Gasteiger partial charge is 0.497 e. The first-order valence-electron chi connectivity index (χ1n) is 6.40. The van der Waals surface area contributed by atoms with Gasteiger partial charge in [-0.3, -0.25) is 4.79 Å². The summed E-state index contributed by atoms with van der Waals surface area (Å²) in [6, 6.07) is 11.3. The standard InChI is InChI=1S/C16H18O4/c1-10(16(18)20-3)15(17)13-5-4-12-9-14(19-2)7-6-11(12)8-13/h4-10,15,17H,1-3H3. The second kappa shape index (κ2) is 5.92. The number of carbonyl (C=O) groups excluding carboxylic acids is 1. The first kappa shape index (κ1) is 14.3. The molecule has 2 aromatic rings. The van der Waals surface area contributed by atoms with Gasteiger partial charge < -0.3 is 14.6 Å². The average Bonchev–Trinajstić information content (AvgIpc) is 2.51. The van der Waals surface area contributed by atoms with Crippen LogP contribution in [0.2, 0.25) is 0 Å². The maximum atomic E-state index is 11.5. The van der Waals surface area contributed by atoms with E-state index < -0.39 is 18.0 Å². The van der Waals surface area contributed by atoms with E-state index in [1.807, 2.05) is 36.4 Å². The quantitative estimate of drug-likeness (QED) is 0.871. The van der Waals surface area contributed by atoms with Gasteiger partial charge in [0, 0.05) is 0 Å². The molecule has 0 saturated heterocycles. The van der Waals surface area contributed by atoms with Gasteiger partial charge in [0.15, 0.2) is 0 Å². The predicted molar refractivity (Wildman–Crippen MR) is 76.6 cm³/mol. The second-order valence-electron chi connectivity index (χ2n) is 4.73. The number of ether oxygens (including phenoxy) is 2. The summed E-state index contributed by atoms with van der Waals surface area (Å²) in [7, 11) is 2.94. The summed E-state index contributed by atoms with van der Waals surface area (Å²) in [4.78, 5) is 11.5. The van der Waals surface area contributed by atoms with Crippen LogP contribution in [0.4, 0.5) is 0 Å². The van der Waals surface area contributed by atoms with Crippen LogP contribution in [0, 0.1) is 5.92 Å². The summed E-state index contributed by atoms with van der Waals surface area (Å²) < 4.78 is 9.83. The topological polar surface area (TPSA) is 55.8 Å². The molecule has 0 heterocycles. The summed E-state index contributed by atoms with van der Waals surface area (Å²) in [5.41, 5.74) is 0.695. The molecule has 0 aromatic heterocycles. The summed E-state index contributed by atoms with van der Waals surface area (Å²) in [6.45, 7) is 1.65. The van der Waals surface area contributed by atoms with Crippen molar-refractivity contribution in [3.63, 3.8) is 0 Å². The van der Waals surface area contributed by atoms with Crippen molar-refractivity contribution in [1.82, 2.24) is 0 Å². The highest BCUT2D eigenvalue weighted by Crippen LogP contribution is 2.28. The van der Waals surface area contributed by atoms with Crippen molar-refractivity contribution in [2.75, 3.05) is 14.2 Å². The van der Waals surface area contributed by atoms with E-state index in [2.05, 4.69) is 4.74 Å². The van der Waals surface area contributed by atoms with Crippen molar-refractivity contribution in [2.45, 2.75) is 13.0 Å². The molecule has 0 amide bonds. The lowest BCUT2D eigenvalue weighted by molar-refractivity contribution is -0.148. The third-order valence-corrected chi connectivity index (χ3v) is 3.46. The Morgan fingerprint density at radius 3 is 2.40 bits per heavy atom. The number of esters is 1. The smallest absolute Gasteiger partial charge is 0.311 e. The maximum absolute atomic E-state index is 11.5. The number of fused-ring (bicyclic) bond motifs is 1. The zero-order valence-corrected chi connectivity index (χ0v) is 11.8. The van der Waals surface area contributed by atoms with Crippen LogP contribution >= 0.6 is 0 Å². The van der Waals surface area contributed by atoms with Gasteiger partial charge in [0.25, 0.3) is 0 Å². The van der Waals surface area contributed by atoms with Gasteiger partial charge in [-0.25, -0.2) is 0 Å². The van der Waals surface area contributed by atoms with Crippen LogP contribution in [-0.2, 0) is 9.53 Å². The zero-order valence-electron chi connectivity index (χ0n) is 11.8. The van der Waals surface area contributed by atoms with Gasteiger partial charge in [-0.15, -0.1) is 0 Å². The number of benzene rings is 2. The Balaban J connectivity index is 2.34. The number of hydrogen-bond donors (Lipinski definition) is 1. The molecule has 0 aliphatic heterocycles. The van der Waals surface area contributed by atoms with Crippen molar-refractivity contribution in [3.8, 4) is 5.75 Å². The summed E-state index contributed by atoms with van der Waals surface area (Å²) >= 11 is 0. The maximum Gasteiger partial charge on any atom is 0.311 e. The van der Waals surface area contributed by atoms with Crippen molar-refractivity contribution >= 4 is 16.7 Å². The minimum Gasteiger partial charge on any atom is -0.497 e. The lowest BCUT2D eigenvalue weighted by Crippen LogP contribution is -2.20. The summed E-state index contributed by atoms with van der Waals surface area (Å²) in [5, 5.41) is 12.2. The number of carbonyl (C=O) groups is 1. The molecule has 2 atom stereocenters. The first-order chi connectivity index (χ1) is 9.56. The highest BCUT2D eigenvalue weighted by atomic mass is 16.5. The van der Waals surface area contributed by atoms with Crippen LogP contribution in [0.15, 0.2) is 36.4 Å². The van der Waals surface area contributed by atoms with Gasteiger partial charge in [-0.05, 0) is 41.5 Å². The number of aliphatic hydroxyl groups excluding tert-OH is 1. The highest BCUT2D eigenvalue weighted by molar-refractivity contribution is 5.85. The van der Waals surface area contributed by atoms with Crippen molar-refractivity contribution < 1.29 is 19.4 Å². The number of rotatable bonds is 4. The van der Waals surface area contributed by atoms with E-state index in [0.29, 0.717) is 5.56 Å². The molecule has 106 valence electrons. The molecule has 0 fully saturated rings. The Bertz CT molecular complexity index is 621. The van der Waals surface area contributed by atoms with Gasteiger partial charge in [0.05, 0.1) is 26.2 Å². The summed E-state index contributed by atoms with van der Waals surface area (Å²) in [5.74, 6) is -0.239. The fourth-order valence-corrected chi connectivity index (χ4v) is 2.16. The molecule has 2 unspecified atom stereocenters. The molecule has 0 saturated carbocycles. The molecule has 4 heteroatoms. The van der Waals surface area contributed by atoms with Gasteiger partial charge in [-0.1, -0.05) is 18.2 Å². The van der Waals surface area contributed by atoms with Crippen LogP contribution < -0.4 is 4.74 Å². The first-order valence-corrected chi connectivity index (χ1v) is 6.40. The van der Waals surface area contributed by atoms with E-state index in [0.717, 1.165) is 16.5 Å². The Hall–Kier alpha value is -2.07. The minimum absolute atomic E-state index is 0.424. The zero-order chi connectivity index (χ0) is 14.7. The Morgan fingerprint density at radius 2 is 1.75 bits per heavy atom. The third kappa shape index (κ3) is 2.75. The number of aliphatic hydroxyl groups is 1. The summed E-state index contributed by atoms with van der Waals surface area (Å²) in [6.07, 6.45) is -0.881. The van der Waals surface area contributed by atoms with Crippen molar-refractivity contribution in [2.24, 2.45) is 5.92 Å². The lowest BCUT2D eigenvalue weighted by atomic mass is 9.95. The van der Waals surface area contributed by atoms with E-state index >= 15 is 0 Å². The molecule has 0 aliphatic rings.